The lowest BCUT2D eigenvalue weighted by Gasteiger charge is -2.34. The van der Waals surface area contributed by atoms with Gasteiger partial charge in [-0.25, -0.2) is 0 Å². The lowest BCUT2D eigenvalue weighted by molar-refractivity contribution is 0.114. The highest BCUT2D eigenvalue weighted by molar-refractivity contribution is 5.27. The van der Waals surface area contributed by atoms with Crippen LogP contribution < -0.4 is 10.3 Å². The van der Waals surface area contributed by atoms with Crippen molar-refractivity contribution in [3.63, 3.8) is 0 Å². The largest absolute Gasteiger partial charge is 0.492 e. The van der Waals surface area contributed by atoms with E-state index in [4.69, 9.17) is 4.74 Å². The van der Waals surface area contributed by atoms with E-state index in [1.165, 1.54) is 5.56 Å². The first-order chi connectivity index (χ1) is 12.2. The van der Waals surface area contributed by atoms with Crippen LogP contribution in [0.3, 0.4) is 0 Å². The van der Waals surface area contributed by atoms with Gasteiger partial charge in [-0.1, -0.05) is 18.2 Å². The van der Waals surface area contributed by atoms with Crippen molar-refractivity contribution in [1.29, 1.82) is 0 Å². The van der Waals surface area contributed by atoms with E-state index in [0.717, 1.165) is 58.2 Å². The zero-order valence-corrected chi connectivity index (χ0v) is 14.9. The van der Waals surface area contributed by atoms with Gasteiger partial charge in [0, 0.05) is 58.1 Å². The maximum Gasteiger partial charge on any atom is 0.250 e. The molecule has 2 heterocycles. The van der Waals surface area contributed by atoms with Gasteiger partial charge in [-0.3, -0.25) is 14.6 Å². The summed E-state index contributed by atoms with van der Waals surface area (Å²) in [5.41, 5.74) is 1.30. The van der Waals surface area contributed by atoms with Crippen molar-refractivity contribution in [2.24, 2.45) is 0 Å². The molecule has 0 radical (unpaired) electrons. The van der Waals surface area contributed by atoms with Crippen molar-refractivity contribution in [1.82, 2.24) is 14.4 Å². The average molecular weight is 341 g/mol. The summed E-state index contributed by atoms with van der Waals surface area (Å²) in [6.45, 7) is 9.66. The first kappa shape index (κ1) is 17.7. The van der Waals surface area contributed by atoms with Crippen LogP contribution in [-0.2, 0) is 6.54 Å². The quantitative estimate of drug-likeness (QED) is 0.770. The summed E-state index contributed by atoms with van der Waals surface area (Å²) in [5, 5.41) is 0. The fraction of sp³-hybridized carbons (Fsp3) is 0.450. The third-order valence-corrected chi connectivity index (χ3v) is 4.69. The number of pyridine rings is 1. The monoisotopic (exact) mass is 341 g/mol. The van der Waals surface area contributed by atoms with Crippen molar-refractivity contribution >= 4 is 0 Å². The molecule has 0 unspecified atom stereocenters. The van der Waals surface area contributed by atoms with Gasteiger partial charge in [0.05, 0.1) is 0 Å². The molecular formula is C20H27N3O2. The number of nitrogens with zero attached hydrogens (tertiary/aromatic N) is 3. The molecule has 0 spiro atoms. The number of hydrogen-bond donors (Lipinski definition) is 0. The maximum atomic E-state index is 11.7. The third kappa shape index (κ3) is 5.44. The number of benzene rings is 1. The Morgan fingerprint density at radius 2 is 1.68 bits per heavy atom. The summed E-state index contributed by atoms with van der Waals surface area (Å²) < 4.78 is 7.62. The van der Waals surface area contributed by atoms with Crippen molar-refractivity contribution in [2.75, 3.05) is 45.9 Å². The van der Waals surface area contributed by atoms with E-state index in [0.29, 0.717) is 0 Å². The highest BCUT2D eigenvalue weighted by Crippen LogP contribution is 2.12. The second-order valence-electron chi connectivity index (χ2n) is 6.58. The number of rotatable bonds is 7. The lowest BCUT2D eigenvalue weighted by Crippen LogP contribution is -2.48. The highest BCUT2D eigenvalue weighted by atomic mass is 16.5. The minimum Gasteiger partial charge on any atom is -0.492 e. The van der Waals surface area contributed by atoms with Gasteiger partial charge < -0.3 is 9.30 Å². The Morgan fingerprint density at radius 3 is 2.40 bits per heavy atom. The second-order valence-corrected chi connectivity index (χ2v) is 6.58. The van der Waals surface area contributed by atoms with Gasteiger partial charge in [0.25, 0.3) is 5.56 Å². The molecule has 0 N–H and O–H groups in total. The number of piperazine rings is 1. The Labute approximate surface area is 149 Å². The molecule has 5 heteroatoms. The standard InChI is InChI=1S/C20H27N3O2/c1-18-5-4-6-19(17-18)25-16-15-22-11-9-21(10-12-22)13-14-23-8-3-2-7-20(23)24/h2-8,17H,9-16H2,1H3. The fourth-order valence-corrected chi connectivity index (χ4v) is 3.13. The summed E-state index contributed by atoms with van der Waals surface area (Å²) in [4.78, 5) is 16.6. The van der Waals surface area contributed by atoms with Crippen LogP contribution >= 0.6 is 0 Å². The molecular weight excluding hydrogens is 314 g/mol. The van der Waals surface area contributed by atoms with Gasteiger partial charge in [0.1, 0.15) is 12.4 Å². The lowest BCUT2D eigenvalue weighted by atomic mass is 10.2. The van der Waals surface area contributed by atoms with Crippen molar-refractivity contribution in [2.45, 2.75) is 13.5 Å². The SMILES string of the molecule is Cc1cccc(OCCN2CCN(CCn3ccccc3=O)CC2)c1. The normalized spacial score (nSPS) is 16.0. The maximum absolute atomic E-state index is 11.7. The van der Waals surface area contributed by atoms with Gasteiger partial charge >= 0.3 is 0 Å². The van der Waals surface area contributed by atoms with Crippen LogP contribution in [0, 0.1) is 6.92 Å². The van der Waals surface area contributed by atoms with Crippen LogP contribution in [0.2, 0.25) is 0 Å². The van der Waals surface area contributed by atoms with Gasteiger partial charge in [0.15, 0.2) is 0 Å². The molecule has 2 aromatic rings. The Bertz CT molecular complexity index is 721. The topological polar surface area (TPSA) is 37.7 Å². The molecule has 0 atom stereocenters. The Morgan fingerprint density at radius 1 is 0.920 bits per heavy atom. The van der Waals surface area contributed by atoms with Gasteiger partial charge in [0.2, 0.25) is 0 Å². The van der Waals surface area contributed by atoms with Crippen LogP contribution in [0.15, 0.2) is 53.5 Å². The van der Waals surface area contributed by atoms with Crippen LogP contribution in [0.4, 0.5) is 0 Å². The summed E-state index contributed by atoms with van der Waals surface area (Å²) in [7, 11) is 0. The fourth-order valence-electron chi connectivity index (χ4n) is 3.13. The molecule has 1 aromatic carbocycles. The minimum atomic E-state index is 0.0782. The predicted molar refractivity (Wildman–Crippen MR) is 100 cm³/mol. The van der Waals surface area contributed by atoms with E-state index >= 15 is 0 Å². The third-order valence-electron chi connectivity index (χ3n) is 4.69. The van der Waals surface area contributed by atoms with E-state index in [1.807, 2.05) is 24.4 Å². The summed E-state index contributed by atoms with van der Waals surface area (Å²) in [5.74, 6) is 0.951. The van der Waals surface area contributed by atoms with Crippen LogP contribution in [-0.4, -0.2) is 60.2 Å². The Kier molecular flexibility index (Phi) is 6.25. The van der Waals surface area contributed by atoms with E-state index in [9.17, 15) is 4.79 Å². The molecule has 3 rings (SSSR count). The van der Waals surface area contributed by atoms with E-state index < -0.39 is 0 Å². The second kappa shape index (κ2) is 8.83. The first-order valence-electron chi connectivity index (χ1n) is 9.00. The van der Waals surface area contributed by atoms with Crippen LogP contribution in [0.1, 0.15) is 5.56 Å². The van der Waals surface area contributed by atoms with Gasteiger partial charge in [-0.2, -0.15) is 0 Å². The zero-order chi connectivity index (χ0) is 17.5. The Hall–Kier alpha value is -2.11. The van der Waals surface area contributed by atoms with E-state index in [1.54, 1.807) is 16.7 Å². The van der Waals surface area contributed by atoms with E-state index in [-0.39, 0.29) is 5.56 Å². The van der Waals surface area contributed by atoms with Crippen LogP contribution in [0.5, 0.6) is 5.75 Å². The highest BCUT2D eigenvalue weighted by Gasteiger charge is 2.16. The predicted octanol–water partition coefficient (Wildman–Crippen LogP) is 1.85. The molecule has 5 nitrogen and oxygen atoms in total. The smallest absolute Gasteiger partial charge is 0.250 e. The number of hydrogen-bond acceptors (Lipinski definition) is 4. The number of aromatic nitrogens is 1. The molecule has 1 aliphatic rings. The van der Waals surface area contributed by atoms with Gasteiger partial charge in [-0.05, 0) is 30.7 Å². The molecule has 0 aliphatic carbocycles. The average Bonchev–Trinajstić information content (AvgIpc) is 2.62. The molecule has 25 heavy (non-hydrogen) atoms. The molecule has 1 aliphatic heterocycles. The number of ether oxygens (including phenoxy) is 1. The zero-order valence-electron chi connectivity index (χ0n) is 14.9. The van der Waals surface area contributed by atoms with Crippen molar-refractivity contribution in [3.8, 4) is 5.75 Å². The van der Waals surface area contributed by atoms with Crippen molar-refractivity contribution < 1.29 is 4.74 Å². The molecule has 0 amide bonds. The first-order valence-corrected chi connectivity index (χ1v) is 9.00. The minimum absolute atomic E-state index is 0.0782. The van der Waals surface area contributed by atoms with Gasteiger partial charge in [-0.15, -0.1) is 0 Å². The molecule has 134 valence electrons. The molecule has 1 saturated heterocycles. The molecule has 1 aromatic heterocycles. The molecule has 0 saturated carbocycles. The van der Waals surface area contributed by atoms with E-state index in [2.05, 4.69) is 28.9 Å². The summed E-state index contributed by atoms with van der Waals surface area (Å²) in [6.07, 6.45) is 1.86. The number of aryl methyl sites for hydroxylation is 1. The molecule has 0 bridgehead atoms. The van der Waals surface area contributed by atoms with Crippen LogP contribution in [0.25, 0.3) is 0 Å². The van der Waals surface area contributed by atoms with Crippen molar-refractivity contribution in [3.05, 3.63) is 64.6 Å². The molecule has 1 fully saturated rings. The summed E-state index contributed by atoms with van der Waals surface area (Å²) in [6, 6.07) is 13.5. The summed E-state index contributed by atoms with van der Waals surface area (Å²) >= 11 is 0. The Balaban J connectivity index is 1.34.